The normalized spacial score (nSPS) is 15.4. The van der Waals surface area contributed by atoms with Gasteiger partial charge in [0, 0.05) is 26.1 Å². The molecule has 132 valence electrons. The molecular weight excluding hydrogens is 326 g/mol. The van der Waals surface area contributed by atoms with E-state index in [-0.39, 0.29) is 18.9 Å². The Balaban J connectivity index is 1.69. The number of hydrogen-bond donors (Lipinski definition) is 2. The fourth-order valence-corrected chi connectivity index (χ4v) is 3.14. The van der Waals surface area contributed by atoms with Crippen LogP contribution in [0.1, 0.15) is 19.3 Å². The Morgan fingerprint density at radius 2 is 1.84 bits per heavy atom. The average molecular weight is 345 g/mol. The number of amides is 1. The number of rotatable bonds is 4. The van der Waals surface area contributed by atoms with Crippen LogP contribution in [0.2, 0.25) is 0 Å². The minimum atomic E-state index is -0.832. The highest BCUT2D eigenvalue weighted by Gasteiger charge is 2.26. The zero-order valence-corrected chi connectivity index (χ0v) is 13.6. The number of aromatic nitrogens is 2. The van der Waals surface area contributed by atoms with Crippen molar-refractivity contribution in [2.75, 3.05) is 13.1 Å². The number of nitrogens with one attached hydrogen (secondary N) is 1. The minimum absolute atomic E-state index is 0.00328. The van der Waals surface area contributed by atoms with Gasteiger partial charge in [-0.25, -0.2) is 4.79 Å². The molecule has 0 radical (unpaired) electrons. The van der Waals surface area contributed by atoms with E-state index in [0.29, 0.717) is 36.8 Å². The first-order valence-electron chi connectivity index (χ1n) is 8.20. The Hall–Kier alpha value is -2.90. The molecule has 1 aromatic heterocycles. The van der Waals surface area contributed by atoms with E-state index in [1.165, 1.54) is 0 Å². The number of carbonyl (C=O) groups is 2. The molecule has 8 nitrogen and oxygen atoms in total. The maximum Gasteiger partial charge on any atom is 0.328 e. The van der Waals surface area contributed by atoms with E-state index < -0.39 is 23.1 Å². The topological polar surface area (TPSA) is 112 Å². The van der Waals surface area contributed by atoms with Crippen LogP contribution in [0.15, 0.2) is 33.9 Å². The van der Waals surface area contributed by atoms with Crippen LogP contribution >= 0.6 is 0 Å². The Morgan fingerprint density at radius 3 is 2.52 bits per heavy atom. The minimum Gasteiger partial charge on any atom is -0.481 e. The summed E-state index contributed by atoms with van der Waals surface area (Å²) in [5.74, 6) is -1.42. The van der Waals surface area contributed by atoms with Gasteiger partial charge in [0.2, 0.25) is 5.91 Å². The van der Waals surface area contributed by atoms with Gasteiger partial charge in [0.25, 0.3) is 5.56 Å². The van der Waals surface area contributed by atoms with Gasteiger partial charge in [0.1, 0.15) is 0 Å². The Bertz CT molecular complexity index is 922. The maximum atomic E-state index is 12.4. The van der Waals surface area contributed by atoms with E-state index in [1.807, 2.05) is 0 Å². The highest BCUT2D eigenvalue weighted by molar-refractivity contribution is 5.78. The van der Waals surface area contributed by atoms with Crippen molar-refractivity contribution in [2.24, 2.45) is 5.92 Å². The number of benzene rings is 1. The quantitative estimate of drug-likeness (QED) is 0.833. The molecule has 0 unspecified atom stereocenters. The first kappa shape index (κ1) is 16.9. The second-order valence-corrected chi connectivity index (χ2v) is 6.18. The number of aliphatic carboxylic acids is 1. The molecule has 0 atom stereocenters. The molecule has 1 fully saturated rings. The van der Waals surface area contributed by atoms with Crippen LogP contribution in [0.5, 0.6) is 0 Å². The van der Waals surface area contributed by atoms with Crippen molar-refractivity contribution in [3.05, 3.63) is 45.1 Å². The number of carbonyl (C=O) groups excluding carboxylic acids is 1. The van der Waals surface area contributed by atoms with Crippen LogP contribution in [-0.2, 0) is 16.1 Å². The van der Waals surface area contributed by atoms with E-state index in [0.717, 1.165) is 4.57 Å². The van der Waals surface area contributed by atoms with E-state index >= 15 is 0 Å². The van der Waals surface area contributed by atoms with Gasteiger partial charge in [0.05, 0.1) is 16.8 Å². The summed E-state index contributed by atoms with van der Waals surface area (Å²) in [4.78, 5) is 52.0. The number of nitrogens with zero attached hydrogens (tertiary/aromatic N) is 2. The standard InChI is InChI=1S/C17H19N3O5/c21-14(19-8-5-11(6-9-19)16(23)24)7-10-20-15(22)12-3-1-2-4-13(12)18-17(20)25/h1-4,11H,5-10H2,(H,18,25)(H,23,24). The van der Waals surface area contributed by atoms with Crippen molar-refractivity contribution >= 4 is 22.8 Å². The van der Waals surface area contributed by atoms with Crippen molar-refractivity contribution in [3.63, 3.8) is 0 Å². The zero-order chi connectivity index (χ0) is 18.0. The molecule has 1 saturated heterocycles. The van der Waals surface area contributed by atoms with Crippen LogP contribution in [0, 0.1) is 5.92 Å². The fourth-order valence-electron chi connectivity index (χ4n) is 3.14. The molecule has 3 rings (SSSR count). The number of carboxylic acids is 1. The molecule has 1 aromatic carbocycles. The van der Waals surface area contributed by atoms with Gasteiger partial charge in [-0.1, -0.05) is 12.1 Å². The molecule has 0 spiro atoms. The average Bonchev–Trinajstić information content (AvgIpc) is 2.61. The van der Waals surface area contributed by atoms with Gasteiger partial charge in [-0.2, -0.15) is 0 Å². The summed E-state index contributed by atoms with van der Waals surface area (Å²) in [6, 6.07) is 6.72. The lowest BCUT2D eigenvalue weighted by molar-refractivity contribution is -0.145. The molecule has 1 aliphatic heterocycles. The van der Waals surface area contributed by atoms with Crippen molar-refractivity contribution < 1.29 is 14.7 Å². The molecule has 0 aliphatic carbocycles. The molecule has 0 bridgehead atoms. The summed E-state index contributed by atoms with van der Waals surface area (Å²) in [5, 5.41) is 9.38. The van der Waals surface area contributed by atoms with E-state index in [9.17, 15) is 19.2 Å². The van der Waals surface area contributed by atoms with Gasteiger partial charge in [0.15, 0.2) is 0 Å². The molecule has 0 saturated carbocycles. The summed E-state index contributed by atoms with van der Waals surface area (Å²) >= 11 is 0. The number of para-hydroxylation sites is 1. The van der Waals surface area contributed by atoms with Gasteiger partial charge in [-0.3, -0.25) is 19.0 Å². The van der Waals surface area contributed by atoms with Crippen molar-refractivity contribution in [1.82, 2.24) is 14.5 Å². The summed E-state index contributed by atoms with van der Waals surface area (Å²) in [6.07, 6.45) is 0.883. The van der Waals surface area contributed by atoms with Crippen molar-refractivity contribution in [1.29, 1.82) is 0 Å². The van der Waals surface area contributed by atoms with Gasteiger partial charge in [-0.15, -0.1) is 0 Å². The zero-order valence-electron chi connectivity index (χ0n) is 13.6. The van der Waals surface area contributed by atoms with Gasteiger partial charge in [-0.05, 0) is 25.0 Å². The lowest BCUT2D eigenvalue weighted by atomic mass is 9.97. The molecule has 2 heterocycles. The second-order valence-electron chi connectivity index (χ2n) is 6.18. The fraction of sp³-hybridized carbons (Fsp3) is 0.412. The summed E-state index contributed by atoms with van der Waals surface area (Å²) in [7, 11) is 0. The first-order valence-corrected chi connectivity index (χ1v) is 8.20. The van der Waals surface area contributed by atoms with Crippen molar-refractivity contribution in [2.45, 2.75) is 25.8 Å². The number of fused-ring (bicyclic) bond motifs is 1. The van der Waals surface area contributed by atoms with Crippen LogP contribution in [0.25, 0.3) is 10.9 Å². The summed E-state index contributed by atoms with van der Waals surface area (Å²) in [5.41, 5.74) is -0.492. The lowest BCUT2D eigenvalue weighted by Crippen LogP contribution is -2.42. The highest BCUT2D eigenvalue weighted by atomic mass is 16.4. The van der Waals surface area contributed by atoms with E-state index in [4.69, 9.17) is 5.11 Å². The van der Waals surface area contributed by atoms with E-state index in [2.05, 4.69) is 4.98 Å². The van der Waals surface area contributed by atoms with Crippen molar-refractivity contribution in [3.8, 4) is 0 Å². The molecule has 2 aromatic rings. The molecule has 1 amide bonds. The summed E-state index contributed by atoms with van der Waals surface area (Å²) < 4.78 is 1.03. The third-order valence-corrected chi connectivity index (χ3v) is 4.64. The SMILES string of the molecule is O=C(O)C1CCN(C(=O)CCn2c(=O)[nH]c3ccccc3c2=O)CC1. The predicted molar refractivity (Wildman–Crippen MR) is 90.4 cm³/mol. The molecule has 1 aliphatic rings. The van der Waals surface area contributed by atoms with Gasteiger partial charge >= 0.3 is 11.7 Å². The van der Waals surface area contributed by atoms with Crippen LogP contribution in [0.3, 0.4) is 0 Å². The molecule has 2 N–H and O–H groups in total. The maximum absolute atomic E-state index is 12.4. The number of likely N-dealkylation sites (tertiary alicyclic amines) is 1. The Labute approximate surface area is 142 Å². The van der Waals surface area contributed by atoms with E-state index in [1.54, 1.807) is 29.2 Å². The van der Waals surface area contributed by atoms with Crippen LogP contribution in [-0.4, -0.2) is 44.5 Å². The molecule has 8 heteroatoms. The van der Waals surface area contributed by atoms with Gasteiger partial charge < -0.3 is 15.0 Å². The van der Waals surface area contributed by atoms with Crippen LogP contribution < -0.4 is 11.2 Å². The molecular formula is C17H19N3O5. The largest absolute Gasteiger partial charge is 0.481 e. The smallest absolute Gasteiger partial charge is 0.328 e. The number of aromatic amines is 1. The Kier molecular flexibility index (Phi) is 4.69. The second kappa shape index (κ2) is 6.92. The summed E-state index contributed by atoms with van der Waals surface area (Å²) in [6.45, 7) is 0.772. The third kappa shape index (κ3) is 3.47. The number of hydrogen-bond acceptors (Lipinski definition) is 4. The number of piperidine rings is 1. The number of H-pyrrole nitrogens is 1. The first-order chi connectivity index (χ1) is 12.0. The van der Waals surface area contributed by atoms with Crippen LogP contribution in [0.4, 0.5) is 0 Å². The Morgan fingerprint density at radius 1 is 1.16 bits per heavy atom. The lowest BCUT2D eigenvalue weighted by Gasteiger charge is -2.30. The predicted octanol–water partition coefficient (Wildman–Crippen LogP) is 0.403. The molecule has 25 heavy (non-hydrogen) atoms. The third-order valence-electron chi connectivity index (χ3n) is 4.64. The monoisotopic (exact) mass is 345 g/mol. The number of carboxylic acid groups (broad SMARTS) is 1. The highest BCUT2D eigenvalue weighted by Crippen LogP contribution is 2.17.